The van der Waals surface area contributed by atoms with Gasteiger partial charge in [0.25, 0.3) is 0 Å². The molecule has 0 amide bonds. The number of ether oxygens (including phenoxy) is 1. The Bertz CT molecular complexity index is 104. The minimum Gasteiger partial charge on any atom is -0.379 e. The summed E-state index contributed by atoms with van der Waals surface area (Å²) in [6.07, 6.45) is 6.77. The van der Waals surface area contributed by atoms with Crippen molar-refractivity contribution in [3.8, 4) is 0 Å². The summed E-state index contributed by atoms with van der Waals surface area (Å²) in [4.78, 5) is 0. The Labute approximate surface area is 89.4 Å². The fourth-order valence-corrected chi connectivity index (χ4v) is 1.30. The van der Waals surface area contributed by atoms with Gasteiger partial charge in [0, 0.05) is 6.61 Å². The van der Waals surface area contributed by atoms with Crippen molar-refractivity contribution in [1.29, 1.82) is 0 Å². The van der Waals surface area contributed by atoms with Crippen molar-refractivity contribution < 1.29 is 4.74 Å². The van der Waals surface area contributed by atoms with Gasteiger partial charge < -0.3 is 10.1 Å². The second-order valence-electron chi connectivity index (χ2n) is 4.08. The normalized spacial score (nSPS) is 11.1. The summed E-state index contributed by atoms with van der Waals surface area (Å²) in [5.74, 6) is 0. The first-order valence-corrected chi connectivity index (χ1v) is 6.09. The topological polar surface area (TPSA) is 21.3 Å². The highest BCUT2D eigenvalue weighted by molar-refractivity contribution is 4.49. The summed E-state index contributed by atoms with van der Waals surface area (Å²) in [6.45, 7) is 9.65. The van der Waals surface area contributed by atoms with E-state index in [9.17, 15) is 0 Å². The van der Waals surface area contributed by atoms with Crippen LogP contribution in [0.5, 0.6) is 0 Å². The average molecular weight is 201 g/mol. The van der Waals surface area contributed by atoms with Gasteiger partial charge in [-0.2, -0.15) is 0 Å². The summed E-state index contributed by atoms with van der Waals surface area (Å²) in [5.41, 5.74) is 0. The number of hydrogen-bond donors (Lipinski definition) is 1. The standard InChI is InChI=1S/C12H27NO/c1-4-5-6-9-13-10-7-8-11-14-12(2)3/h12-13H,4-11H2,1-3H3. The quantitative estimate of drug-likeness (QED) is 0.549. The zero-order valence-corrected chi connectivity index (χ0v) is 10.1. The highest BCUT2D eigenvalue weighted by Gasteiger charge is 1.93. The molecular formula is C12H27NO. The van der Waals surface area contributed by atoms with Crippen LogP contribution in [0, 0.1) is 0 Å². The maximum atomic E-state index is 5.46. The minimum absolute atomic E-state index is 0.382. The Balaban J connectivity index is 2.85. The Morgan fingerprint density at radius 2 is 1.64 bits per heavy atom. The van der Waals surface area contributed by atoms with Crippen molar-refractivity contribution in [1.82, 2.24) is 5.32 Å². The van der Waals surface area contributed by atoms with E-state index < -0.39 is 0 Å². The molecular weight excluding hydrogens is 174 g/mol. The van der Waals surface area contributed by atoms with Crippen molar-refractivity contribution in [3.05, 3.63) is 0 Å². The molecule has 0 spiro atoms. The van der Waals surface area contributed by atoms with Crippen LogP contribution < -0.4 is 5.32 Å². The van der Waals surface area contributed by atoms with Gasteiger partial charge in [0.15, 0.2) is 0 Å². The molecule has 0 aromatic carbocycles. The lowest BCUT2D eigenvalue weighted by atomic mass is 10.2. The largest absolute Gasteiger partial charge is 0.379 e. The number of rotatable bonds is 10. The fraction of sp³-hybridized carbons (Fsp3) is 1.00. The third-order valence-corrected chi connectivity index (χ3v) is 2.16. The monoisotopic (exact) mass is 201 g/mol. The zero-order chi connectivity index (χ0) is 10.6. The first-order chi connectivity index (χ1) is 6.77. The predicted molar refractivity (Wildman–Crippen MR) is 62.7 cm³/mol. The van der Waals surface area contributed by atoms with E-state index >= 15 is 0 Å². The lowest BCUT2D eigenvalue weighted by Gasteiger charge is -2.07. The van der Waals surface area contributed by atoms with Crippen LogP contribution in [0.2, 0.25) is 0 Å². The molecule has 0 saturated carbocycles. The van der Waals surface area contributed by atoms with Crippen molar-refractivity contribution in [2.75, 3.05) is 19.7 Å². The van der Waals surface area contributed by atoms with Gasteiger partial charge >= 0.3 is 0 Å². The van der Waals surface area contributed by atoms with Gasteiger partial charge in [-0.25, -0.2) is 0 Å². The Morgan fingerprint density at radius 1 is 1.00 bits per heavy atom. The van der Waals surface area contributed by atoms with E-state index in [1.807, 2.05) is 0 Å². The zero-order valence-electron chi connectivity index (χ0n) is 10.1. The first-order valence-electron chi connectivity index (χ1n) is 6.09. The Morgan fingerprint density at radius 3 is 2.21 bits per heavy atom. The van der Waals surface area contributed by atoms with Gasteiger partial charge in [-0.3, -0.25) is 0 Å². The molecule has 2 nitrogen and oxygen atoms in total. The van der Waals surface area contributed by atoms with E-state index in [0.29, 0.717) is 6.10 Å². The average Bonchev–Trinajstić information content (AvgIpc) is 2.15. The highest BCUT2D eigenvalue weighted by Crippen LogP contribution is 1.94. The third kappa shape index (κ3) is 11.9. The molecule has 0 bridgehead atoms. The molecule has 1 N–H and O–H groups in total. The van der Waals surface area contributed by atoms with Gasteiger partial charge in [-0.15, -0.1) is 0 Å². The van der Waals surface area contributed by atoms with E-state index in [2.05, 4.69) is 26.1 Å². The number of hydrogen-bond acceptors (Lipinski definition) is 2. The van der Waals surface area contributed by atoms with Crippen molar-refractivity contribution in [3.63, 3.8) is 0 Å². The van der Waals surface area contributed by atoms with Gasteiger partial charge in [-0.05, 0) is 46.2 Å². The first kappa shape index (κ1) is 13.9. The molecule has 2 heteroatoms. The summed E-state index contributed by atoms with van der Waals surface area (Å²) in [7, 11) is 0. The maximum absolute atomic E-state index is 5.46. The lowest BCUT2D eigenvalue weighted by Crippen LogP contribution is -2.17. The van der Waals surface area contributed by atoms with Crippen molar-refractivity contribution >= 4 is 0 Å². The smallest absolute Gasteiger partial charge is 0.0518 e. The molecule has 0 aliphatic rings. The van der Waals surface area contributed by atoms with Crippen LogP contribution in [0.3, 0.4) is 0 Å². The minimum atomic E-state index is 0.382. The lowest BCUT2D eigenvalue weighted by molar-refractivity contribution is 0.0760. The van der Waals surface area contributed by atoms with Crippen LogP contribution >= 0.6 is 0 Å². The summed E-state index contributed by atoms with van der Waals surface area (Å²) < 4.78 is 5.46. The van der Waals surface area contributed by atoms with Crippen molar-refractivity contribution in [2.24, 2.45) is 0 Å². The molecule has 14 heavy (non-hydrogen) atoms. The maximum Gasteiger partial charge on any atom is 0.0518 e. The number of unbranched alkanes of at least 4 members (excludes halogenated alkanes) is 3. The Kier molecular flexibility index (Phi) is 10.9. The SMILES string of the molecule is CCCCCNCCCCOC(C)C. The van der Waals surface area contributed by atoms with Gasteiger partial charge in [-0.1, -0.05) is 19.8 Å². The predicted octanol–water partition coefficient (Wildman–Crippen LogP) is 2.97. The summed E-state index contributed by atoms with van der Waals surface area (Å²) in [5, 5.41) is 3.45. The van der Waals surface area contributed by atoms with Gasteiger partial charge in [0.2, 0.25) is 0 Å². The summed E-state index contributed by atoms with van der Waals surface area (Å²) >= 11 is 0. The van der Waals surface area contributed by atoms with Crippen LogP contribution in [-0.4, -0.2) is 25.8 Å². The van der Waals surface area contributed by atoms with Gasteiger partial charge in [0.05, 0.1) is 6.10 Å². The molecule has 0 aliphatic carbocycles. The molecule has 0 rings (SSSR count). The molecule has 0 heterocycles. The molecule has 0 aromatic heterocycles. The molecule has 0 saturated heterocycles. The molecule has 0 aromatic rings. The van der Waals surface area contributed by atoms with Crippen LogP contribution in [0.15, 0.2) is 0 Å². The van der Waals surface area contributed by atoms with E-state index in [-0.39, 0.29) is 0 Å². The summed E-state index contributed by atoms with van der Waals surface area (Å²) in [6, 6.07) is 0. The van der Waals surface area contributed by atoms with Crippen LogP contribution in [0.1, 0.15) is 52.9 Å². The third-order valence-electron chi connectivity index (χ3n) is 2.16. The number of nitrogens with one attached hydrogen (secondary N) is 1. The Hall–Kier alpha value is -0.0800. The molecule has 86 valence electrons. The van der Waals surface area contributed by atoms with Crippen LogP contribution in [0.4, 0.5) is 0 Å². The second-order valence-corrected chi connectivity index (χ2v) is 4.08. The van der Waals surface area contributed by atoms with Crippen LogP contribution in [-0.2, 0) is 4.74 Å². The molecule has 0 radical (unpaired) electrons. The van der Waals surface area contributed by atoms with Crippen LogP contribution in [0.25, 0.3) is 0 Å². The fourth-order valence-electron chi connectivity index (χ4n) is 1.30. The molecule has 0 atom stereocenters. The molecule has 0 unspecified atom stereocenters. The second kappa shape index (κ2) is 11.0. The van der Waals surface area contributed by atoms with E-state index in [1.165, 1.54) is 38.6 Å². The van der Waals surface area contributed by atoms with E-state index in [1.54, 1.807) is 0 Å². The van der Waals surface area contributed by atoms with E-state index in [4.69, 9.17) is 4.74 Å². The highest BCUT2D eigenvalue weighted by atomic mass is 16.5. The molecule has 0 fully saturated rings. The van der Waals surface area contributed by atoms with E-state index in [0.717, 1.165) is 13.2 Å². The van der Waals surface area contributed by atoms with Crippen molar-refractivity contribution in [2.45, 2.75) is 59.0 Å². The molecule has 0 aliphatic heterocycles. The van der Waals surface area contributed by atoms with Gasteiger partial charge in [0.1, 0.15) is 0 Å².